The van der Waals surface area contributed by atoms with Crippen molar-refractivity contribution in [1.82, 2.24) is 15.2 Å². The Hall–Kier alpha value is -1.41. The van der Waals surface area contributed by atoms with Gasteiger partial charge >= 0.3 is 0 Å². The second-order valence-corrected chi connectivity index (χ2v) is 7.63. The Bertz CT molecular complexity index is 883. The molecule has 8 heteroatoms. The Morgan fingerprint density at radius 3 is 2.91 bits per heavy atom. The minimum absolute atomic E-state index is 0.0605. The SMILES string of the molecule is C[S+]([O-])CC(=O)c1[nH]c2cc(Br)c(Cl)cc2c1-c1cccnn1. The van der Waals surface area contributed by atoms with E-state index >= 15 is 0 Å². The number of benzene rings is 1. The Morgan fingerprint density at radius 2 is 2.26 bits per heavy atom. The van der Waals surface area contributed by atoms with E-state index in [0.717, 1.165) is 15.4 Å². The van der Waals surface area contributed by atoms with Gasteiger partial charge < -0.3 is 9.54 Å². The number of hydrogen-bond donors (Lipinski definition) is 1. The highest BCUT2D eigenvalue weighted by molar-refractivity contribution is 9.10. The van der Waals surface area contributed by atoms with Gasteiger partial charge in [0.1, 0.15) is 0 Å². The molecular weight excluding hydrogens is 402 g/mol. The number of hydrogen-bond acceptors (Lipinski definition) is 4. The van der Waals surface area contributed by atoms with Gasteiger partial charge in [-0.05, 0) is 51.4 Å². The molecule has 0 aliphatic rings. The maximum atomic E-state index is 12.5. The van der Waals surface area contributed by atoms with Gasteiger partial charge in [-0.3, -0.25) is 4.79 Å². The molecule has 0 bridgehead atoms. The van der Waals surface area contributed by atoms with E-state index in [9.17, 15) is 9.35 Å². The van der Waals surface area contributed by atoms with E-state index in [4.69, 9.17) is 11.6 Å². The summed E-state index contributed by atoms with van der Waals surface area (Å²) in [6.07, 6.45) is 3.06. The van der Waals surface area contributed by atoms with Crippen molar-refractivity contribution in [2.24, 2.45) is 0 Å². The van der Waals surface area contributed by atoms with Gasteiger partial charge in [-0.2, -0.15) is 10.2 Å². The van der Waals surface area contributed by atoms with E-state index in [-0.39, 0.29) is 11.5 Å². The highest BCUT2D eigenvalue weighted by Gasteiger charge is 2.23. The Balaban J connectivity index is 2.28. The lowest BCUT2D eigenvalue weighted by Crippen LogP contribution is -2.15. The number of nitrogens with zero attached hydrogens (tertiary/aromatic N) is 2. The number of aromatic nitrogens is 3. The molecule has 2 aromatic heterocycles. The molecule has 0 aliphatic heterocycles. The summed E-state index contributed by atoms with van der Waals surface area (Å²) in [7, 11) is 0. The minimum atomic E-state index is -1.23. The molecule has 1 N–H and O–H groups in total. The second-order valence-electron chi connectivity index (χ2n) is 4.94. The largest absolute Gasteiger partial charge is 0.616 e. The number of halogens is 2. The molecule has 3 aromatic rings. The average Bonchev–Trinajstić information content (AvgIpc) is 2.86. The van der Waals surface area contributed by atoms with Crippen LogP contribution in [0.3, 0.4) is 0 Å². The normalized spacial score (nSPS) is 12.5. The number of Topliss-reactive ketones (excluding diaryl/α,β-unsaturated/α-hetero) is 1. The Morgan fingerprint density at radius 1 is 1.48 bits per heavy atom. The van der Waals surface area contributed by atoms with E-state index < -0.39 is 11.2 Å². The fourth-order valence-corrected chi connectivity index (χ4v) is 3.38. The zero-order chi connectivity index (χ0) is 16.6. The van der Waals surface area contributed by atoms with E-state index in [2.05, 4.69) is 31.1 Å². The van der Waals surface area contributed by atoms with Gasteiger partial charge in [0.15, 0.2) is 5.75 Å². The van der Waals surface area contributed by atoms with E-state index in [1.165, 1.54) is 6.26 Å². The molecule has 118 valence electrons. The van der Waals surface area contributed by atoms with Gasteiger partial charge in [-0.1, -0.05) is 11.6 Å². The molecule has 0 spiro atoms. The molecule has 1 unspecified atom stereocenters. The van der Waals surface area contributed by atoms with Crippen LogP contribution in [0.1, 0.15) is 10.5 Å². The first-order chi connectivity index (χ1) is 11.0. The molecular formula is C15H11BrClN3O2S. The number of H-pyrrole nitrogens is 1. The summed E-state index contributed by atoms with van der Waals surface area (Å²) in [5.74, 6) is -0.301. The molecule has 23 heavy (non-hydrogen) atoms. The lowest BCUT2D eigenvalue weighted by atomic mass is 10.1. The second kappa shape index (κ2) is 6.60. The summed E-state index contributed by atoms with van der Waals surface area (Å²) >= 11 is 8.33. The standard InChI is InChI=1S/C15H11BrClN3O2S/c1-23(22)7-13(21)15-14(11-3-2-4-18-20-11)8-5-10(17)9(16)6-12(8)19-15/h2-6,19H,7H2,1H3. The number of nitrogens with one attached hydrogen (secondary N) is 1. The van der Waals surface area contributed by atoms with Crippen molar-refractivity contribution in [3.63, 3.8) is 0 Å². The van der Waals surface area contributed by atoms with Gasteiger partial charge in [0.25, 0.3) is 0 Å². The van der Waals surface area contributed by atoms with Crippen LogP contribution in [0.2, 0.25) is 5.02 Å². The van der Waals surface area contributed by atoms with Crippen molar-refractivity contribution in [3.05, 3.63) is 45.7 Å². The van der Waals surface area contributed by atoms with Crippen LogP contribution in [-0.2, 0) is 11.2 Å². The third-order valence-electron chi connectivity index (χ3n) is 3.28. The Labute approximate surface area is 148 Å². The quantitative estimate of drug-likeness (QED) is 0.524. The average molecular weight is 413 g/mol. The summed E-state index contributed by atoms with van der Waals surface area (Å²) in [6, 6.07) is 7.08. The van der Waals surface area contributed by atoms with Crippen molar-refractivity contribution in [2.75, 3.05) is 12.0 Å². The van der Waals surface area contributed by atoms with E-state index in [0.29, 0.717) is 22.0 Å². The molecule has 0 fully saturated rings. The highest BCUT2D eigenvalue weighted by Crippen LogP contribution is 2.36. The molecule has 0 radical (unpaired) electrons. The number of carbonyl (C=O) groups excluding carboxylic acids is 1. The maximum absolute atomic E-state index is 12.5. The first-order valence-corrected chi connectivity index (χ1v) is 9.49. The van der Waals surface area contributed by atoms with Crippen LogP contribution in [0.5, 0.6) is 0 Å². The number of ketones is 1. The van der Waals surface area contributed by atoms with Crippen molar-refractivity contribution in [1.29, 1.82) is 0 Å². The summed E-state index contributed by atoms with van der Waals surface area (Å²) < 4.78 is 12.1. The first-order valence-electron chi connectivity index (χ1n) is 6.59. The monoisotopic (exact) mass is 411 g/mol. The molecule has 0 saturated heterocycles. The minimum Gasteiger partial charge on any atom is -0.616 e. The molecule has 0 amide bonds. The summed E-state index contributed by atoms with van der Waals surface area (Å²) in [4.78, 5) is 15.6. The Kier molecular flexibility index (Phi) is 4.72. The number of rotatable bonds is 4. The van der Waals surface area contributed by atoms with Crippen LogP contribution in [0.25, 0.3) is 22.2 Å². The molecule has 3 rings (SSSR count). The number of carbonyl (C=O) groups is 1. The first kappa shape index (κ1) is 16.4. The molecule has 2 heterocycles. The van der Waals surface area contributed by atoms with Crippen LogP contribution >= 0.6 is 27.5 Å². The van der Waals surface area contributed by atoms with Gasteiger partial charge in [-0.25, -0.2) is 0 Å². The summed E-state index contributed by atoms with van der Waals surface area (Å²) in [5.41, 5.74) is 2.29. The molecule has 0 aliphatic carbocycles. The van der Waals surface area contributed by atoms with Crippen molar-refractivity contribution < 1.29 is 9.35 Å². The van der Waals surface area contributed by atoms with Gasteiger partial charge in [0, 0.05) is 27.1 Å². The third-order valence-corrected chi connectivity index (χ3v) is 5.15. The topological polar surface area (TPSA) is 81.7 Å². The fraction of sp³-hybridized carbons (Fsp3) is 0.133. The molecule has 1 atom stereocenters. The van der Waals surface area contributed by atoms with Crippen molar-refractivity contribution in [3.8, 4) is 11.3 Å². The zero-order valence-corrected chi connectivity index (χ0v) is 15.1. The molecule has 1 aromatic carbocycles. The van der Waals surface area contributed by atoms with Crippen LogP contribution in [0.4, 0.5) is 0 Å². The number of aromatic amines is 1. The van der Waals surface area contributed by atoms with E-state index in [1.807, 2.05) is 0 Å². The lowest BCUT2D eigenvalue weighted by Gasteiger charge is -2.05. The predicted molar refractivity (Wildman–Crippen MR) is 95.3 cm³/mol. The van der Waals surface area contributed by atoms with Crippen molar-refractivity contribution in [2.45, 2.75) is 0 Å². The molecule has 5 nitrogen and oxygen atoms in total. The lowest BCUT2D eigenvalue weighted by molar-refractivity contribution is 0.101. The highest BCUT2D eigenvalue weighted by atomic mass is 79.9. The van der Waals surface area contributed by atoms with Gasteiger partial charge in [-0.15, -0.1) is 0 Å². The summed E-state index contributed by atoms with van der Waals surface area (Å²) in [5, 5.41) is 9.26. The fourth-order valence-electron chi connectivity index (χ4n) is 2.36. The smallest absolute Gasteiger partial charge is 0.228 e. The van der Waals surface area contributed by atoms with Gasteiger partial charge in [0.2, 0.25) is 5.78 Å². The zero-order valence-electron chi connectivity index (χ0n) is 12.0. The maximum Gasteiger partial charge on any atom is 0.228 e. The van der Waals surface area contributed by atoms with Crippen LogP contribution in [0, 0.1) is 0 Å². The van der Waals surface area contributed by atoms with Crippen LogP contribution in [0.15, 0.2) is 34.9 Å². The van der Waals surface area contributed by atoms with Crippen LogP contribution < -0.4 is 0 Å². The van der Waals surface area contributed by atoms with Crippen LogP contribution in [-0.4, -0.2) is 37.5 Å². The predicted octanol–water partition coefficient (Wildman–Crippen LogP) is 3.60. The van der Waals surface area contributed by atoms with Gasteiger partial charge in [0.05, 0.1) is 22.7 Å². The molecule has 0 saturated carbocycles. The van der Waals surface area contributed by atoms with Crippen molar-refractivity contribution >= 4 is 55.4 Å². The van der Waals surface area contributed by atoms with E-state index in [1.54, 1.807) is 30.5 Å². The third kappa shape index (κ3) is 3.28. The number of fused-ring (bicyclic) bond motifs is 1. The summed E-state index contributed by atoms with van der Waals surface area (Å²) in [6.45, 7) is 0.